The van der Waals surface area contributed by atoms with E-state index in [4.69, 9.17) is 0 Å². The van der Waals surface area contributed by atoms with Gasteiger partial charge in [0.1, 0.15) is 0 Å². The molecule has 0 bridgehead atoms. The molecule has 0 aromatic carbocycles. The second-order valence-corrected chi connectivity index (χ2v) is 5.16. The Morgan fingerprint density at radius 3 is 2.62 bits per heavy atom. The van der Waals surface area contributed by atoms with Gasteiger partial charge in [0.25, 0.3) is 0 Å². The molecule has 0 aliphatic heterocycles. The Balaban J connectivity index is 2.01. The van der Waals surface area contributed by atoms with Crippen LogP contribution >= 0.6 is 0 Å². The van der Waals surface area contributed by atoms with E-state index in [0.29, 0.717) is 0 Å². The Morgan fingerprint density at radius 2 is 1.94 bits per heavy atom. The summed E-state index contributed by atoms with van der Waals surface area (Å²) in [5.41, 5.74) is 4.24. The number of hydrogen-bond acceptors (Lipinski definition) is 1. The van der Waals surface area contributed by atoms with E-state index in [1.807, 2.05) is 0 Å². The summed E-state index contributed by atoms with van der Waals surface area (Å²) < 4.78 is 0. The van der Waals surface area contributed by atoms with Crippen LogP contribution in [-0.4, -0.2) is 11.2 Å². The fourth-order valence-electron chi connectivity index (χ4n) is 2.97. The zero-order chi connectivity index (χ0) is 11.4. The summed E-state index contributed by atoms with van der Waals surface area (Å²) >= 11 is 0. The summed E-state index contributed by atoms with van der Waals surface area (Å²) in [6.07, 6.45) is 13.1. The van der Waals surface area contributed by atoms with Crippen LogP contribution in [0.3, 0.4) is 0 Å². The minimum atomic E-state index is -0.218. The first-order valence-corrected chi connectivity index (χ1v) is 6.90. The molecule has 0 saturated heterocycles. The molecule has 16 heavy (non-hydrogen) atoms. The highest BCUT2D eigenvalue weighted by molar-refractivity contribution is 5.35. The number of aliphatic hydroxyl groups excluding tert-OH is 1. The van der Waals surface area contributed by atoms with Gasteiger partial charge in [-0.1, -0.05) is 31.4 Å². The van der Waals surface area contributed by atoms with Crippen LogP contribution in [0, 0.1) is 0 Å². The molecule has 2 saturated carbocycles. The van der Waals surface area contributed by atoms with Gasteiger partial charge in [-0.2, -0.15) is 0 Å². The molecule has 0 amide bonds. The van der Waals surface area contributed by atoms with Crippen molar-refractivity contribution in [1.29, 1.82) is 0 Å². The Bertz CT molecular complexity index is 291. The van der Waals surface area contributed by atoms with Gasteiger partial charge >= 0.3 is 0 Å². The summed E-state index contributed by atoms with van der Waals surface area (Å²) in [5, 5.41) is 10.3. The highest BCUT2D eigenvalue weighted by Crippen LogP contribution is 2.38. The molecule has 2 rings (SSSR count). The van der Waals surface area contributed by atoms with E-state index in [1.54, 1.807) is 5.57 Å². The van der Waals surface area contributed by atoms with Crippen molar-refractivity contribution in [2.45, 2.75) is 70.8 Å². The molecular weight excluding hydrogens is 196 g/mol. The quantitative estimate of drug-likeness (QED) is 0.560. The zero-order valence-corrected chi connectivity index (χ0v) is 10.5. The predicted octanol–water partition coefficient (Wildman–Crippen LogP) is 4.13. The smallest absolute Gasteiger partial charge is 0.0963 e. The van der Waals surface area contributed by atoms with E-state index in [9.17, 15) is 5.11 Å². The molecule has 1 atom stereocenters. The van der Waals surface area contributed by atoms with Crippen LogP contribution in [0.2, 0.25) is 0 Å². The van der Waals surface area contributed by atoms with Gasteiger partial charge in [0.05, 0.1) is 6.10 Å². The molecule has 1 nitrogen and oxygen atoms in total. The van der Waals surface area contributed by atoms with Crippen molar-refractivity contribution in [3.05, 3.63) is 22.8 Å². The Labute approximate surface area is 99.3 Å². The lowest BCUT2D eigenvalue weighted by atomic mass is 10.0. The highest BCUT2D eigenvalue weighted by Gasteiger charge is 2.27. The van der Waals surface area contributed by atoms with Gasteiger partial charge in [0, 0.05) is 0 Å². The average molecular weight is 220 g/mol. The minimum Gasteiger partial charge on any atom is -0.384 e. The Hall–Kier alpha value is -0.560. The summed E-state index contributed by atoms with van der Waals surface area (Å²) in [6.45, 7) is 2.22. The van der Waals surface area contributed by atoms with Gasteiger partial charge in [0.15, 0.2) is 0 Å². The molecule has 2 fully saturated rings. The third-order valence-corrected chi connectivity index (χ3v) is 3.99. The van der Waals surface area contributed by atoms with Crippen molar-refractivity contribution in [2.24, 2.45) is 0 Å². The molecule has 0 aromatic heterocycles. The van der Waals surface area contributed by atoms with Gasteiger partial charge in [-0.3, -0.25) is 0 Å². The maximum absolute atomic E-state index is 10.3. The number of aliphatic hydroxyl groups is 1. The van der Waals surface area contributed by atoms with E-state index in [1.165, 1.54) is 49.7 Å². The lowest BCUT2D eigenvalue weighted by Crippen LogP contribution is -2.07. The molecule has 0 aromatic rings. The van der Waals surface area contributed by atoms with Crippen molar-refractivity contribution in [1.82, 2.24) is 0 Å². The first-order chi connectivity index (χ1) is 7.83. The molecule has 1 N–H and O–H groups in total. The predicted molar refractivity (Wildman–Crippen MR) is 68.3 cm³/mol. The van der Waals surface area contributed by atoms with Crippen LogP contribution in [0.5, 0.6) is 0 Å². The standard InChI is InChI=1S/C15H24O/c1-2-3-4-9-13-10-11-14(15(13)16)12-7-5-6-8-12/h9,15-16H,2-8,10-11H2,1H3. The summed E-state index contributed by atoms with van der Waals surface area (Å²) in [5.74, 6) is 0. The number of rotatable bonds is 3. The monoisotopic (exact) mass is 220 g/mol. The van der Waals surface area contributed by atoms with Crippen LogP contribution in [0.4, 0.5) is 0 Å². The second-order valence-electron chi connectivity index (χ2n) is 5.16. The SMILES string of the molecule is CCCCC=C1CCC(=C2CCCC2)C1O. The largest absolute Gasteiger partial charge is 0.384 e. The second kappa shape index (κ2) is 5.67. The lowest BCUT2D eigenvalue weighted by Gasteiger charge is -2.10. The number of unbranched alkanes of at least 4 members (excludes halogenated alkanes) is 2. The molecule has 2 aliphatic rings. The van der Waals surface area contributed by atoms with Gasteiger partial charge in [0.2, 0.25) is 0 Å². The van der Waals surface area contributed by atoms with E-state index in [0.717, 1.165) is 19.3 Å². The van der Waals surface area contributed by atoms with Crippen molar-refractivity contribution in [3.63, 3.8) is 0 Å². The number of hydrogen-bond donors (Lipinski definition) is 1. The van der Waals surface area contributed by atoms with Crippen molar-refractivity contribution >= 4 is 0 Å². The van der Waals surface area contributed by atoms with E-state index >= 15 is 0 Å². The summed E-state index contributed by atoms with van der Waals surface area (Å²) in [7, 11) is 0. The fourth-order valence-corrected chi connectivity index (χ4v) is 2.97. The third-order valence-electron chi connectivity index (χ3n) is 3.99. The molecular formula is C15H24O. The van der Waals surface area contributed by atoms with Gasteiger partial charge in [-0.05, 0) is 56.1 Å². The molecule has 90 valence electrons. The van der Waals surface area contributed by atoms with E-state index in [2.05, 4.69) is 13.0 Å². The van der Waals surface area contributed by atoms with Gasteiger partial charge in [-0.15, -0.1) is 0 Å². The van der Waals surface area contributed by atoms with Crippen LogP contribution in [0.1, 0.15) is 64.7 Å². The van der Waals surface area contributed by atoms with Gasteiger partial charge in [-0.25, -0.2) is 0 Å². The lowest BCUT2D eigenvalue weighted by molar-refractivity contribution is 0.253. The van der Waals surface area contributed by atoms with Crippen LogP contribution in [0.15, 0.2) is 22.8 Å². The minimum absolute atomic E-state index is 0.218. The van der Waals surface area contributed by atoms with Crippen molar-refractivity contribution < 1.29 is 5.11 Å². The number of allylic oxidation sites excluding steroid dienone is 2. The summed E-state index contributed by atoms with van der Waals surface area (Å²) in [4.78, 5) is 0. The molecule has 0 spiro atoms. The maximum atomic E-state index is 10.3. The third kappa shape index (κ3) is 2.57. The first-order valence-electron chi connectivity index (χ1n) is 6.90. The molecule has 1 heteroatoms. The molecule has 1 unspecified atom stereocenters. The topological polar surface area (TPSA) is 20.2 Å². The van der Waals surface area contributed by atoms with Crippen molar-refractivity contribution in [3.8, 4) is 0 Å². The maximum Gasteiger partial charge on any atom is 0.0963 e. The van der Waals surface area contributed by atoms with Crippen LogP contribution in [0.25, 0.3) is 0 Å². The normalized spacial score (nSPS) is 28.4. The van der Waals surface area contributed by atoms with Gasteiger partial charge < -0.3 is 5.11 Å². The average Bonchev–Trinajstić information content (AvgIpc) is 2.89. The molecule has 0 heterocycles. The first kappa shape index (κ1) is 11.9. The molecule has 0 radical (unpaired) electrons. The molecule has 2 aliphatic carbocycles. The van der Waals surface area contributed by atoms with Crippen molar-refractivity contribution in [2.75, 3.05) is 0 Å². The zero-order valence-electron chi connectivity index (χ0n) is 10.5. The Kier molecular flexibility index (Phi) is 4.22. The van der Waals surface area contributed by atoms with E-state index in [-0.39, 0.29) is 6.10 Å². The summed E-state index contributed by atoms with van der Waals surface area (Å²) in [6, 6.07) is 0. The van der Waals surface area contributed by atoms with E-state index < -0.39 is 0 Å². The Morgan fingerprint density at radius 1 is 1.19 bits per heavy atom. The fraction of sp³-hybridized carbons (Fsp3) is 0.733. The van der Waals surface area contributed by atoms with Crippen LogP contribution < -0.4 is 0 Å². The highest BCUT2D eigenvalue weighted by atomic mass is 16.3. The van der Waals surface area contributed by atoms with Crippen LogP contribution in [-0.2, 0) is 0 Å².